The van der Waals surface area contributed by atoms with E-state index >= 15 is 0 Å². The molecule has 174 valence electrons. The van der Waals surface area contributed by atoms with Crippen LogP contribution in [0.1, 0.15) is 16.2 Å². The van der Waals surface area contributed by atoms with Crippen LogP contribution in [0.3, 0.4) is 0 Å². The van der Waals surface area contributed by atoms with Crippen LogP contribution in [-0.2, 0) is 28.4 Å². The zero-order valence-corrected chi connectivity index (χ0v) is 19.5. The Hall–Kier alpha value is -2.92. The molecule has 0 saturated carbocycles. The average Bonchev–Trinajstić information content (AvgIpc) is 3.24. The highest BCUT2D eigenvalue weighted by Gasteiger charge is 2.28. The molecule has 9 nitrogen and oxygen atoms in total. The number of hydrogen-bond acceptors (Lipinski definition) is 6. The Morgan fingerprint density at radius 2 is 1.91 bits per heavy atom. The molecule has 1 aliphatic rings. The third kappa shape index (κ3) is 5.36. The van der Waals surface area contributed by atoms with Gasteiger partial charge in [-0.2, -0.15) is 4.31 Å². The van der Waals surface area contributed by atoms with Crippen LogP contribution in [0.25, 0.3) is 0 Å². The van der Waals surface area contributed by atoms with Gasteiger partial charge in [-0.05, 0) is 42.5 Å². The monoisotopic (exact) mass is 490 g/mol. The molecular weight excluding hydrogens is 468 g/mol. The molecule has 0 unspecified atom stereocenters. The van der Waals surface area contributed by atoms with Crippen molar-refractivity contribution >= 4 is 33.2 Å². The van der Waals surface area contributed by atoms with Crippen LogP contribution in [0.15, 0.2) is 59.8 Å². The number of rotatable bonds is 7. The Labute approximate surface area is 196 Å². The molecule has 1 aliphatic heterocycles. The van der Waals surface area contributed by atoms with Crippen LogP contribution >= 0.6 is 11.6 Å². The quantitative estimate of drug-likeness (QED) is 0.546. The smallest absolute Gasteiger partial charge is 0.255 e. The molecule has 1 N–H and O–H groups in total. The molecule has 11 heteroatoms. The van der Waals surface area contributed by atoms with Crippen LogP contribution in [0.2, 0.25) is 5.02 Å². The summed E-state index contributed by atoms with van der Waals surface area (Å²) in [4.78, 5) is 16.8. The zero-order chi connectivity index (χ0) is 23.4. The van der Waals surface area contributed by atoms with Crippen LogP contribution in [-0.4, -0.2) is 54.5 Å². The molecule has 0 atom stereocenters. The van der Waals surface area contributed by atoms with E-state index in [-0.39, 0.29) is 28.9 Å². The molecule has 1 fully saturated rings. The second-order valence-corrected chi connectivity index (χ2v) is 9.70. The van der Waals surface area contributed by atoms with E-state index in [1.807, 2.05) is 17.8 Å². The fraction of sp³-hybridized carbons (Fsp3) is 0.273. The highest BCUT2D eigenvalue weighted by molar-refractivity contribution is 7.89. The van der Waals surface area contributed by atoms with E-state index in [9.17, 15) is 13.2 Å². The number of ether oxygens (including phenoxy) is 2. The van der Waals surface area contributed by atoms with E-state index < -0.39 is 10.0 Å². The van der Waals surface area contributed by atoms with E-state index in [1.165, 1.54) is 16.4 Å². The van der Waals surface area contributed by atoms with Gasteiger partial charge < -0.3 is 19.4 Å². The Bertz CT molecular complexity index is 1240. The molecule has 2 heterocycles. The molecule has 0 bridgehead atoms. The van der Waals surface area contributed by atoms with E-state index in [0.29, 0.717) is 36.8 Å². The predicted octanol–water partition coefficient (Wildman–Crippen LogP) is 2.93. The molecule has 33 heavy (non-hydrogen) atoms. The zero-order valence-electron chi connectivity index (χ0n) is 17.9. The molecule has 2 aromatic carbocycles. The summed E-state index contributed by atoms with van der Waals surface area (Å²) in [6.45, 7) is 1.47. The summed E-state index contributed by atoms with van der Waals surface area (Å²) in [6, 6.07) is 11.0. The van der Waals surface area contributed by atoms with Gasteiger partial charge in [0, 0.05) is 43.8 Å². The number of carbonyl (C=O) groups is 1. The lowest BCUT2D eigenvalue weighted by molar-refractivity contribution is 0.0730. The summed E-state index contributed by atoms with van der Waals surface area (Å²) in [7, 11) is -1.92. The van der Waals surface area contributed by atoms with Crippen molar-refractivity contribution < 1.29 is 22.7 Å². The minimum absolute atomic E-state index is 0.0538. The first-order valence-corrected chi connectivity index (χ1v) is 12.0. The standard InChI is InChI=1S/C22H23ClN4O5S/c1-26-9-8-24-21(26)15-32-18-5-2-16(3-6-18)22(28)25-17-4-7-19(23)20(14-17)33(29,30)27-10-12-31-13-11-27/h2-9,14H,10-13,15H2,1H3,(H,25,28). The first-order chi connectivity index (χ1) is 15.8. The molecular formula is C22H23ClN4O5S. The summed E-state index contributed by atoms with van der Waals surface area (Å²) in [6.07, 6.45) is 3.53. The Morgan fingerprint density at radius 1 is 1.18 bits per heavy atom. The Morgan fingerprint density at radius 3 is 2.58 bits per heavy atom. The lowest BCUT2D eigenvalue weighted by Gasteiger charge is -2.26. The molecule has 3 aromatic rings. The van der Waals surface area contributed by atoms with E-state index in [0.717, 1.165) is 5.82 Å². The number of hydrogen-bond donors (Lipinski definition) is 1. The topological polar surface area (TPSA) is 103 Å². The average molecular weight is 491 g/mol. The first-order valence-electron chi connectivity index (χ1n) is 10.2. The SMILES string of the molecule is Cn1ccnc1COc1ccc(C(=O)Nc2ccc(Cl)c(S(=O)(=O)N3CCOCC3)c2)cc1. The Balaban J connectivity index is 1.44. The number of sulfonamides is 1. The molecule has 4 rings (SSSR count). The van der Waals surface area contributed by atoms with Crippen molar-refractivity contribution in [3.63, 3.8) is 0 Å². The lowest BCUT2D eigenvalue weighted by atomic mass is 10.2. The van der Waals surface area contributed by atoms with Crippen molar-refractivity contribution in [1.82, 2.24) is 13.9 Å². The number of halogens is 1. The number of aromatic nitrogens is 2. The summed E-state index contributed by atoms with van der Waals surface area (Å²) in [5.74, 6) is 0.991. The normalized spacial score (nSPS) is 14.7. The van der Waals surface area contributed by atoms with Gasteiger partial charge in [0.25, 0.3) is 5.91 Å². The number of morpholine rings is 1. The number of benzene rings is 2. The second kappa shape index (κ2) is 9.92. The number of aryl methyl sites for hydroxylation is 1. The van der Waals surface area contributed by atoms with E-state index in [4.69, 9.17) is 21.1 Å². The highest BCUT2D eigenvalue weighted by atomic mass is 35.5. The summed E-state index contributed by atoms with van der Waals surface area (Å²) >= 11 is 6.18. The van der Waals surface area contributed by atoms with Crippen LogP contribution in [0.5, 0.6) is 5.75 Å². The minimum Gasteiger partial charge on any atom is -0.486 e. The third-order valence-corrected chi connectivity index (χ3v) is 7.56. The molecule has 1 aromatic heterocycles. The van der Waals surface area contributed by atoms with Gasteiger partial charge >= 0.3 is 0 Å². The van der Waals surface area contributed by atoms with Crippen molar-refractivity contribution in [3.05, 3.63) is 71.3 Å². The maximum atomic E-state index is 13.0. The maximum absolute atomic E-state index is 13.0. The van der Waals surface area contributed by atoms with Gasteiger partial charge in [-0.15, -0.1) is 0 Å². The molecule has 0 aliphatic carbocycles. The van der Waals surface area contributed by atoms with Gasteiger partial charge in [-0.1, -0.05) is 11.6 Å². The van der Waals surface area contributed by atoms with Crippen molar-refractivity contribution in [2.75, 3.05) is 31.6 Å². The molecule has 1 amide bonds. The van der Waals surface area contributed by atoms with Crippen molar-refractivity contribution in [1.29, 1.82) is 0 Å². The van der Waals surface area contributed by atoms with Crippen molar-refractivity contribution in [2.24, 2.45) is 7.05 Å². The molecule has 1 saturated heterocycles. The van der Waals surface area contributed by atoms with E-state index in [2.05, 4.69) is 10.3 Å². The lowest BCUT2D eigenvalue weighted by Crippen LogP contribution is -2.40. The number of carbonyl (C=O) groups excluding carboxylic acids is 1. The van der Waals surface area contributed by atoms with Crippen LogP contribution < -0.4 is 10.1 Å². The van der Waals surface area contributed by atoms with E-state index in [1.54, 1.807) is 36.5 Å². The van der Waals surface area contributed by atoms with Crippen LogP contribution in [0, 0.1) is 0 Å². The third-order valence-electron chi connectivity index (χ3n) is 5.18. The molecule has 0 radical (unpaired) electrons. The van der Waals surface area contributed by atoms with Gasteiger partial charge in [0.15, 0.2) is 0 Å². The van der Waals surface area contributed by atoms with Gasteiger partial charge in [0.2, 0.25) is 10.0 Å². The highest BCUT2D eigenvalue weighted by Crippen LogP contribution is 2.28. The largest absolute Gasteiger partial charge is 0.486 e. The number of anilines is 1. The molecule has 0 spiro atoms. The summed E-state index contributed by atoms with van der Waals surface area (Å²) in [5, 5.41) is 2.81. The number of nitrogens with zero attached hydrogens (tertiary/aromatic N) is 3. The van der Waals surface area contributed by atoms with Gasteiger partial charge in [-0.25, -0.2) is 13.4 Å². The van der Waals surface area contributed by atoms with Gasteiger partial charge in [0.1, 0.15) is 23.1 Å². The van der Waals surface area contributed by atoms with Gasteiger partial charge in [-0.3, -0.25) is 4.79 Å². The number of nitrogens with one attached hydrogen (secondary N) is 1. The maximum Gasteiger partial charge on any atom is 0.255 e. The van der Waals surface area contributed by atoms with Crippen LogP contribution in [0.4, 0.5) is 5.69 Å². The van der Waals surface area contributed by atoms with Crippen molar-refractivity contribution in [2.45, 2.75) is 11.5 Å². The number of imidazole rings is 1. The number of amides is 1. The fourth-order valence-electron chi connectivity index (χ4n) is 3.29. The summed E-state index contributed by atoms with van der Waals surface area (Å²) < 4.78 is 40.1. The predicted molar refractivity (Wildman–Crippen MR) is 123 cm³/mol. The fourth-order valence-corrected chi connectivity index (χ4v) is 5.20. The van der Waals surface area contributed by atoms with Crippen molar-refractivity contribution in [3.8, 4) is 5.75 Å². The first kappa shape index (κ1) is 23.2. The minimum atomic E-state index is -3.80. The second-order valence-electron chi connectivity index (χ2n) is 7.38. The van der Waals surface area contributed by atoms with Gasteiger partial charge in [0.05, 0.1) is 18.2 Å². The Kier molecular flexibility index (Phi) is 6.99. The summed E-state index contributed by atoms with van der Waals surface area (Å²) in [5.41, 5.74) is 0.721.